The molecule has 2 N–H and O–H groups in total. The third kappa shape index (κ3) is 7.70. The van der Waals surface area contributed by atoms with Crippen LogP contribution in [0.3, 0.4) is 0 Å². The number of aliphatic hydroxyl groups is 1. The summed E-state index contributed by atoms with van der Waals surface area (Å²) in [7, 11) is 5.66. The SMILES string of the molecule is CC(CO)C(=O)O[C@H](CC(=O)O)C[N+](C)(C)C. The van der Waals surface area contributed by atoms with Gasteiger partial charge in [-0.15, -0.1) is 0 Å². The Labute approximate surface area is 101 Å². The van der Waals surface area contributed by atoms with E-state index in [0.717, 1.165) is 0 Å². The summed E-state index contributed by atoms with van der Waals surface area (Å²) in [4.78, 5) is 22.1. The first-order valence-corrected chi connectivity index (χ1v) is 5.49. The van der Waals surface area contributed by atoms with Gasteiger partial charge >= 0.3 is 11.9 Å². The number of quaternary nitrogens is 1. The molecule has 0 saturated carbocycles. The first-order chi connectivity index (χ1) is 7.65. The molecule has 0 amide bonds. The maximum Gasteiger partial charge on any atom is 0.311 e. The summed E-state index contributed by atoms with van der Waals surface area (Å²) >= 11 is 0. The summed E-state index contributed by atoms with van der Waals surface area (Å²) < 4.78 is 5.59. The average Bonchev–Trinajstić information content (AvgIpc) is 2.12. The smallest absolute Gasteiger partial charge is 0.311 e. The third-order valence-corrected chi connectivity index (χ3v) is 2.11. The second-order valence-electron chi connectivity index (χ2n) is 5.21. The number of esters is 1. The lowest BCUT2D eigenvalue weighted by atomic mass is 10.2. The van der Waals surface area contributed by atoms with Crippen molar-refractivity contribution in [2.45, 2.75) is 19.4 Å². The summed E-state index contributed by atoms with van der Waals surface area (Å²) in [6, 6.07) is 0. The van der Waals surface area contributed by atoms with Crippen LogP contribution in [0.25, 0.3) is 0 Å². The van der Waals surface area contributed by atoms with Crippen LogP contribution in [0.2, 0.25) is 0 Å². The fourth-order valence-electron chi connectivity index (χ4n) is 1.30. The van der Waals surface area contributed by atoms with Crippen molar-refractivity contribution in [2.75, 3.05) is 34.3 Å². The lowest BCUT2D eigenvalue weighted by Gasteiger charge is -2.28. The zero-order chi connectivity index (χ0) is 13.6. The molecule has 0 aliphatic rings. The minimum Gasteiger partial charge on any atom is -0.481 e. The van der Waals surface area contributed by atoms with Gasteiger partial charge in [0.15, 0.2) is 6.10 Å². The van der Waals surface area contributed by atoms with Crippen LogP contribution in [0.5, 0.6) is 0 Å². The quantitative estimate of drug-likeness (QED) is 0.477. The molecule has 2 atom stereocenters. The molecule has 100 valence electrons. The summed E-state index contributed by atoms with van der Waals surface area (Å²) in [5.74, 6) is -2.20. The van der Waals surface area contributed by atoms with Crippen LogP contribution in [0.4, 0.5) is 0 Å². The molecule has 6 heteroatoms. The van der Waals surface area contributed by atoms with Crippen molar-refractivity contribution in [1.29, 1.82) is 0 Å². The van der Waals surface area contributed by atoms with Crippen LogP contribution < -0.4 is 0 Å². The molecule has 6 nitrogen and oxygen atoms in total. The minimum absolute atomic E-state index is 0.223. The highest BCUT2D eigenvalue weighted by Gasteiger charge is 2.26. The van der Waals surface area contributed by atoms with Crippen molar-refractivity contribution >= 4 is 11.9 Å². The summed E-state index contributed by atoms with van der Waals surface area (Å²) in [5.41, 5.74) is 0. The van der Waals surface area contributed by atoms with E-state index in [2.05, 4.69) is 0 Å². The largest absolute Gasteiger partial charge is 0.481 e. The minimum atomic E-state index is -1.01. The number of nitrogens with zero attached hydrogens (tertiary/aromatic N) is 1. The summed E-state index contributed by atoms with van der Waals surface area (Å²) in [5, 5.41) is 17.6. The van der Waals surface area contributed by atoms with Gasteiger partial charge < -0.3 is 19.4 Å². The zero-order valence-corrected chi connectivity index (χ0v) is 10.8. The zero-order valence-electron chi connectivity index (χ0n) is 10.8. The molecule has 0 aromatic rings. The van der Waals surface area contributed by atoms with Gasteiger partial charge in [0, 0.05) is 0 Å². The van der Waals surface area contributed by atoms with Crippen molar-refractivity contribution in [1.82, 2.24) is 0 Å². The summed E-state index contributed by atoms with van der Waals surface area (Å²) in [6.45, 7) is 1.64. The van der Waals surface area contributed by atoms with E-state index in [1.165, 1.54) is 6.92 Å². The number of carbonyl (C=O) groups is 2. The van der Waals surface area contributed by atoms with Gasteiger partial charge in [-0.05, 0) is 6.92 Å². The fourth-order valence-corrected chi connectivity index (χ4v) is 1.30. The van der Waals surface area contributed by atoms with Crippen molar-refractivity contribution in [3.05, 3.63) is 0 Å². The average molecular weight is 248 g/mol. The highest BCUT2D eigenvalue weighted by Crippen LogP contribution is 2.08. The summed E-state index contributed by atoms with van der Waals surface area (Å²) in [6.07, 6.45) is -0.895. The van der Waals surface area contributed by atoms with Gasteiger partial charge in [0.25, 0.3) is 0 Å². The number of hydrogen-bond acceptors (Lipinski definition) is 4. The number of carbonyl (C=O) groups excluding carboxylic acids is 1. The molecule has 0 rings (SSSR count). The molecule has 0 bridgehead atoms. The lowest BCUT2D eigenvalue weighted by Crippen LogP contribution is -2.44. The van der Waals surface area contributed by atoms with Crippen molar-refractivity contribution in [2.24, 2.45) is 5.92 Å². The Morgan fingerprint density at radius 2 is 1.82 bits per heavy atom. The number of aliphatic carboxylic acids is 1. The Hall–Kier alpha value is -1.14. The number of carboxylic acid groups (broad SMARTS) is 1. The van der Waals surface area contributed by atoms with Gasteiger partial charge in [-0.25, -0.2) is 0 Å². The first-order valence-electron chi connectivity index (χ1n) is 5.49. The first kappa shape index (κ1) is 15.9. The lowest BCUT2D eigenvalue weighted by molar-refractivity contribution is -0.873. The monoisotopic (exact) mass is 248 g/mol. The van der Waals surface area contributed by atoms with Crippen molar-refractivity contribution in [3.8, 4) is 0 Å². The van der Waals surface area contributed by atoms with E-state index in [0.29, 0.717) is 11.0 Å². The van der Waals surface area contributed by atoms with Crippen molar-refractivity contribution < 1.29 is 29.0 Å². The molecule has 0 saturated heterocycles. The van der Waals surface area contributed by atoms with Crippen LogP contribution in [0.15, 0.2) is 0 Å². The topological polar surface area (TPSA) is 83.8 Å². The molecule has 17 heavy (non-hydrogen) atoms. The van der Waals surface area contributed by atoms with E-state index < -0.39 is 24.0 Å². The molecule has 0 spiro atoms. The van der Waals surface area contributed by atoms with Gasteiger partial charge in [-0.3, -0.25) is 9.59 Å². The van der Waals surface area contributed by atoms with Crippen LogP contribution in [-0.4, -0.2) is 67.0 Å². The highest BCUT2D eigenvalue weighted by atomic mass is 16.5. The molecule has 0 radical (unpaired) electrons. The van der Waals surface area contributed by atoms with E-state index >= 15 is 0 Å². The fraction of sp³-hybridized carbons (Fsp3) is 0.818. The van der Waals surface area contributed by atoms with Gasteiger partial charge in [-0.2, -0.15) is 0 Å². The van der Waals surface area contributed by atoms with Gasteiger partial charge in [0.1, 0.15) is 6.54 Å². The van der Waals surface area contributed by atoms with Crippen molar-refractivity contribution in [3.63, 3.8) is 0 Å². The second kappa shape index (κ2) is 6.56. The molecule has 0 aromatic heterocycles. The van der Waals surface area contributed by atoms with Gasteiger partial charge in [0.05, 0.1) is 40.1 Å². The second-order valence-corrected chi connectivity index (χ2v) is 5.21. The number of rotatable bonds is 7. The molecule has 1 unspecified atom stereocenters. The predicted octanol–water partition coefficient (Wildman–Crippen LogP) is -0.292. The predicted molar refractivity (Wildman–Crippen MR) is 61.3 cm³/mol. The van der Waals surface area contributed by atoms with E-state index in [4.69, 9.17) is 14.9 Å². The van der Waals surface area contributed by atoms with E-state index in [-0.39, 0.29) is 13.0 Å². The number of likely N-dealkylation sites (N-methyl/N-ethyl adjacent to an activating group) is 1. The third-order valence-electron chi connectivity index (χ3n) is 2.11. The van der Waals surface area contributed by atoms with Gasteiger partial charge in [-0.1, -0.05) is 0 Å². The Morgan fingerprint density at radius 3 is 2.18 bits per heavy atom. The molecular weight excluding hydrogens is 226 g/mol. The number of ether oxygens (including phenoxy) is 1. The van der Waals surface area contributed by atoms with Crippen LogP contribution in [0.1, 0.15) is 13.3 Å². The molecule has 0 fully saturated rings. The molecule has 0 aliphatic heterocycles. The molecule has 0 heterocycles. The Balaban J connectivity index is 4.48. The number of carboxylic acids is 1. The Kier molecular flexibility index (Phi) is 6.12. The van der Waals surface area contributed by atoms with Crippen LogP contribution in [0, 0.1) is 5.92 Å². The maximum absolute atomic E-state index is 11.5. The highest BCUT2D eigenvalue weighted by molar-refractivity contribution is 5.73. The van der Waals surface area contributed by atoms with Gasteiger partial charge in [0.2, 0.25) is 0 Å². The maximum atomic E-state index is 11.5. The number of hydrogen-bond donors (Lipinski definition) is 2. The molecule has 0 aliphatic carbocycles. The number of aliphatic hydroxyl groups excluding tert-OH is 1. The standard InChI is InChI=1S/C11H21NO5/c1-8(7-13)11(16)17-9(5-10(14)15)6-12(2,3)4/h8-9,13H,5-7H2,1-4H3/p+1/t8?,9-/m1/s1. The normalized spacial score (nSPS) is 15.1. The van der Waals surface area contributed by atoms with Crippen LogP contribution >= 0.6 is 0 Å². The van der Waals surface area contributed by atoms with Crippen LogP contribution in [-0.2, 0) is 14.3 Å². The molecule has 0 aromatic carbocycles. The molecular formula is C11H22NO5+. The van der Waals surface area contributed by atoms with E-state index in [9.17, 15) is 9.59 Å². The van der Waals surface area contributed by atoms with E-state index in [1.807, 2.05) is 21.1 Å². The van der Waals surface area contributed by atoms with E-state index in [1.54, 1.807) is 0 Å². The Morgan fingerprint density at radius 1 is 1.29 bits per heavy atom. The Bertz CT molecular complexity index is 272.